The van der Waals surface area contributed by atoms with Crippen LogP contribution < -0.4 is 5.32 Å². The van der Waals surface area contributed by atoms with Gasteiger partial charge >= 0.3 is 0 Å². The van der Waals surface area contributed by atoms with Gasteiger partial charge in [0, 0.05) is 19.0 Å². The average Bonchev–Trinajstić information content (AvgIpc) is 3.09. The first-order chi connectivity index (χ1) is 13.0. The Hall–Kier alpha value is -2.63. The molecule has 2 aromatic rings. The molecule has 2 amide bonds. The van der Waals surface area contributed by atoms with Gasteiger partial charge in [0.15, 0.2) is 0 Å². The highest BCUT2D eigenvalue weighted by molar-refractivity contribution is 5.94. The second kappa shape index (κ2) is 8.37. The van der Waals surface area contributed by atoms with E-state index in [1.165, 1.54) is 12.5 Å². The molecule has 0 saturated carbocycles. The number of aryl methyl sites for hydroxylation is 1. The Morgan fingerprint density at radius 3 is 2.67 bits per heavy atom. The minimum Gasteiger partial charge on any atom is -0.339 e. The average molecular weight is 368 g/mol. The van der Waals surface area contributed by atoms with E-state index in [1.54, 1.807) is 4.90 Å². The van der Waals surface area contributed by atoms with Crippen LogP contribution in [-0.2, 0) is 4.79 Å². The molecule has 144 valence electrons. The van der Waals surface area contributed by atoms with Crippen molar-refractivity contribution >= 4 is 11.8 Å². The zero-order valence-electron chi connectivity index (χ0n) is 16.4. The largest absolute Gasteiger partial charge is 0.339 e. The molecule has 27 heavy (non-hydrogen) atoms. The summed E-state index contributed by atoms with van der Waals surface area (Å²) in [7, 11) is 0. The Bertz CT molecular complexity index is 810. The molecule has 0 aliphatic carbocycles. The monoisotopic (exact) mass is 368 g/mol. The summed E-state index contributed by atoms with van der Waals surface area (Å²) in [5.74, 6) is -0.217. The number of fused-ring (bicyclic) bond motifs is 1. The molecule has 0 spiro atoms. The maximum atomic E-state index is 12.9. The number of carbonyl (C=O) groups is 2. The second-order valence-corrected chi connectivity index (χ2v) is 7.29. The van der Waals surface area contributed by atoms with Crippen LogP contribution in [0.3, 0.4) is 0 Å². The van der Waals surface area contributed by atoms with E-state index in [2.05, 4.69) is 31.3 Å². The summed E-state index contributed by atoms with van der Waals surface area (Å²) >= 11 is 0. The Morgan fingerprint density at radius 2 is 2.00 bits per heavy atom. The molecule has 1 aromatic carbocycles. The predicted octanol–water partition coefficient (Wildman–Crippen LogP) is 3.53. The van der Waals surface area contributed by atoms with E-state index in [9.17, 15) is 9.59 Å². The van der Waals surface area contributed by atoms with Crippen molar-refractivity contribution in [3.8, 4) is 11.3 Å². The Morgan fingerprint density at radius 1 is 1.26 bits per heavy atom. The minimum atomic E-state index is -0.134. The highest BCUT2D eigenvalue weighted by Gasteiger charge is 2.32. The number of hydrogen-bond donors (Lipinski definition) is 1. The van der Waals surface area contributed by atoms with Crippen LogP contribution >= 0.6 is 0 Å². The van der Waals surface area contributed by atoms with Crippen molar-refractivity contribution < 1.29 is 9.59 Å². The van der Waals surface area contributed by atoms with Crippen molar-refractivity contribution in [1.82, 2.24) is 20.0 Å². The third-order valence-corrected chi connectivity index (χ3v) is 5.03. The van der Waals surface area contributed by atoms with Gasteiger partial charge in [0.25, 0.3) is 5.91 Å². The van der Waals surface area contributed by atoms with Crippen LogP contribution in [-0.4, -0.2) is 39.7 Å². The third-order valence-electron chi connectivity index (χ3n) is 5.03. The highest BCUT2D eigenvalue weighted by atomic mass is 16.2. The molecule has 1 atom stereocenters. The van der Waals surface area contributed by atoms with Crippen molar-refractivity contribution in [2.24, 2.45) is 0 Å². The summed E-state index contributed by atoms with van der Waals surface area (Å²) in [6.45, 7) is 6.51. The van der Waals surface area contributed by atoms with Gasteiger partial charge < -0.3 is 10.2 Å². The van der Waals surface area contributed by atoms with Gasteiger partial charge in [-0.1, -0.05) is 56.0 Å². The number of amides is 2. The first-order valence-corrected chi connectivity index (χ1v) is 9.70. The lowest BCUT2D eigenvalue weighted by Gasteiger charge is -2.33. The zero-order chi connectivity index (χ0) is 19.4. The molecule has 0 saturated heterocycles. The summed E-state index contributed by atoms with van der Waals surface area (Å²) in [6, 6.07) is 10.2. The van der Waals surface area contributed by atoms with Crippen molar-refractivity contribution in [1.29, 1.82) is 0 Å². The molecule has 1 aromatic heterocycles. The number of benzene rings is 1. The number of hydrogen-bond acceptors (Lipinski definition) is 3. The van der Waals surface area contributed by atoms with E-state index in [0.717, 1.165) is 36.9 Å². The van der Waals surface area contributed by atoms with E-state index in [-0.39, 0.29) is 24.5 Å². The van der Waals surface area contributed by atoms with Gasteiger partial charge in [0.2, 0.25) is 5.91 Å². The van der Waals surface area contributed by atoms with Crippen LogP contribution in [0.25, 0.3) is 11.3 Å². The molecule has 1 N–H and O–H groups in total. The van der Waals surface area contributed by atoms with Crippen molar-refractivity contribution in [2.75, 3.05) is 13.2 Å². The lowest BCUT2D eigenvalue weighted by molar-refractivity contribution is -0.119. The van der Waals surface area contributed by atoms with Gasteiger partial charge in [-0.3, -0.25) is 14.3 Å². The lowest BCUT2D eigenvalue weighted by Crippen LogP contribution is -2.48. The van der Waals surface area contributed by atoms with Crippen LogP contribution in [0.1, 0.15) is 61.6 Å². The third kappa shape index (κ3) is 4.38. The molecule has 0 bridgehead atoms. The fourth-order valence-electron chi connectivity index (χ4n) is 3.46. The number of nitrogens with zero attached hydrogens (tertiary/aromatic N) is 3. The second-order valence-electron chi connectivity index (χ2n) is 7.29. The van der Waals surface area contributed by atoms with E-state index in [4.69, 9.17) is 5.10 Å². The Kier molecular flexibility index (Phi) is 5.94. The normalized spacial score (nSPS) is 16.3. The van der Waals surface area contributed by atoms with Gasteiger partial charge in [-0.2, -0.15) is 5.10 Å². The number of unbranched alkanes of at least 4 members (excludes halogenated alkanes) is 2. The summed E-state index contributed by atoms with van der Waals surface area (Å²) < 4.78 is 1.90. The predicted molar refractivity (Wildman–Crippen MR) is 105 cm³/mol. The van der Waals surface area contributed by atoms with Gasteiger partial charge in [0.1, 0.15) is 5.69 Å². The summed E-state index contributed by atoms with van der Waals surface area (Å²) in [6.07, 6.45) is 4.39. The molecule has 0 radical (unpaired) electrons. The van der Waals surface area contributed by atoms with E-state index < -0.39 is 0 Å². The molecule has 6 nitrogen and oxygen atoms in total. The number of aromatic nitrogens is 2. The van der Waals surface area contributed by atoms with Gasteiger partial charge in [-0.15, -0.1) is 0 Å². The van der Waals surface area contributed by atoms with Crippen LogP contribution in [0, 0.1) is 6.92 Å². The summed E-state index contributed by atoms with van der Waals surface area (Å²) in [5.41, 5.74) is 3.62. The quantitative estimate of drug-likeness (QED) is 0.760. The SMILES string of the molecule is CCCCCC1CN(CNC(C)=O)C(=O)c2cc(-c3ccc(C)cc3)nn21. The van der Waals surface area contributed by atoms with Gasteiger partial charge in [-0.25, -0.2) is 0 Å². The number of rotatable bonds is 7. The molecular weight excluding hydrogens is 340 g/mol. The molecule has 2 heterocycles. The minimum absolute atomic E-state index is 0.0821. The molecule has 1 unspecified atom stereocenters. The van der Waals surface area contributed by atoms with Crippen molar-refractivity contribution in [2.45, 2.75) is 52.5 Å². The van der Waals surface area contributed by atoms with Gasteiger partial charge in [0.05, 0.1) is 18.4 Å². The zero-order valence-corrected chi connectivity index (χ0v) is 16.4. The maximum Gasteiger partial charge on any atom is 0.273 e. The molecule has 1 aliphatic heterocycles. The summed E-state index contributed by atoms with van der Waals surface area (Å²) in [5, 5.41) is 7.52. The Labute approximate surface area is 160 Å². The first-order valence-electron chi connectivity index (χ1n) is 9.70. The number of carbonyl (C=O) groups excluding carboxylic acids is 2. The van der Waals surface area contributed by atoms with E-state index in [0.29, 0.717) is 12.2 Å². The topological polar surface area (TPSA) is 67.2 Å². The molecule has 6 heteroatoms. The van der Waals surface area contributed by atoms with Gasteiger partial charge in [-0.05, 0) is 19.4 Å². The smallest absolute Gasteiger partial charge is 0.273 e. The fraction of sp³-hybridized carbons (Fsp3) is 0.476. The summed E-state index contributed by atoms with van der Waals surface area (Å²) in [4.78, 5) is 25.9. The van der Waals surface area contributed by atoms with Crippen molar-refractivity contribution in [3.63, 3.8) is 0 Å². The number of nitrogens with one attached hydrogen (secondary N) is 1. The maximum absolute atomic E-state index is 12.9. The lowest BCUT2D eigenvalue weighted by atomic mass is 10.1. The van der Waals surface area contributed by atoms with E-state index in [1.807, 2.05) is 22.9 Å². The van der Waals surface area contributed by atoms with Crippen LogP contribution in [0.2, 0.25) is 0 Å². The first kappa shape index (κ1) is 19.1. The molecule has 3 rings (SSSR count). The van der Waals surface area contributed by atoms with Crippen LogP contribution in [0.5, 0.6) is 0 Å². The van der Waals surface area contributed by atoms with E-state index >= 15 is 0 Å². The highest BCUT2D eigenvalue weighted by Crippen LogP contribution is 2.29. The molecule has 0 fully saturated rings. The Balaban J connectivity index is 1.90. The van der Waals surface area contributed by atoms with Crippen LogP contribution in [0.4, 0.5) is 0 Å². The fourth-order valence-corrected chi connectivity index (χ4v) is 3.46. The standard InChI is InChI=1S/C21H28N4O2/c1-4-5-6-7-18-13-24(14-22-16(3)26)21(27)20-12-19(23-25(18)20)17-10-8-15(2)9-11-17/h8-12,18H,4-7,13-14H2,1-3H3,(H,22,26). The van der Waals surface area contributed by atoms with Crippen molar-refractivity contribution in [3.05, 3.63) is 41.6 Å². The molecular formula is C21H28N4O2. The van der Waals surface area contributed by atoms with Crippen LogP contribution in [0.15, 0.2) is 30.3 Å². The molecule has 1 aliphatic rings.